The molecular formula is C22H22N2O2S. The summed E-state index contributed by atoms with van der Waals surface area (Å²) in [6.07, 6.45) is 1.26. The van der Waals surface area contributed by atoms with E-state index in [0.29, 0.717) is 13.0 Å². The smallest absolute Gasteiger partial charge is 0.140 e. The molecule has 1 N–H and O–H groups in total. The predicted molar refractivity (Wildman–Crippen MR) is 108 cm³/mol. The van der Waals surface area contributed by atoms with Gasteiger partial charge in [0.05, 0.1) is 11.8 Å². The molecule has 0 aliphatic rings. The Morgan fingerprint density at radius 1 is 1.15 bits per heavy atom. The van der Waals surface area contributed by atoms with Gasteiger partial charge in [0.2, 0.25) is 0 Å². The predicted octanol–water partition coefficient (Wildman–Crippen LogP) is 4.90. The number of benzene rings is 2. The first-order chi connectivity index (χ1) is 13.2. The van der Waals surface area contributed by atoms with Crippen molar-refractivity contribution in [2.24, 2.45) is 0 Å². The summed E-state index contributed by atoms with van der Waals surface area (Å²) in [6, 6.07) is 20.0. The summed E-state index contributed by atoms with van der Waals surface area (Å²) in [5.74, 6) is 0.810. The average Bonchev–Trinajstić information content (AvgIpc) is 3.08. The third-order valence-corrected chi connectivity index (χ3v) is 5.37. The molecular weight excluding hydrogens is 356 g/mol. The van der Waals surface area contributed by atoms with Crippen LogP contribution in [0.1, 0.15) is 29.0 Å². The minimum atomic E-state index is -0.866. The molecule has 1 heterocycles. The van der Waals surface area contributed by atoms with Gasteiger partial charge < -0.3 is 9.84 Å². The van der Waals surface area contributed by atoms with Crippen LogP contribution in [0.15, 0.2) is 54.6 Å². The van der Waals surface area contributed by atoms with E-state index >= 15 is 0 Å². The zero-order valence-corrected chi connectivity index (χ0v) is 16.1. The van der Waals surface area contributed by atoms with E-state index in [2.05, 4.69) is 19.1 Å². The van der Waals surface area contributed by atoms with Crippen molar-refractivity contribution >= 4 is 11.3 Å². The van der Waals surface area contributed by atoms with E-state index in [1.807, 2.05) is 48.5 Å². The zero-order valence-electron chi connectivity index (χ0n) is 15.3. The summed E-state index contributed by atoms with van der Waals surface area (Å²) in [5.41, 5.74) is 3.26. The SMILES string of the molecule is Cc1sc(-c2ccccc2)nc1COc1ccc(CCCC(O)C#N)cc1. The molecule has 1 aromatic heterocycles. The molecule has 27 heavy (non-hydrogen) atoms. The zero-order chi connectivity index (χ0) is 19.1. The maximum atomic E-state index is 9.27. The highest BCUT2D eigenvalue weighted by Crippen LogP contribution is 2.28. The molecule has 5 heteroatoms. The Hall–Kier alpha value is -2.68. The van der Waals surface area contributed by atoms with Gasteiger partial charge in [-0.15, -0.1) is 11.3 Å². The summed E-state index contributed by atoms with van der Waals surface area (Å²) in [7, 11) is 0. The minimum Gasteiger partial charge on any atom is -0.487 e. The first-order valence-corrected chi connectivity index (χ1v) is 9.78. The number of aliphatic hydroxyl groups excluding tert-OH is 1. The lowest BCUT2D eigenvalue weighted by Crippen LogP contribution is -2.02. The number of nitrogens with zero attached hydrogens (tertiary/aromatic N) is 2. The van der Waals surface area contributed by atoms with Crippen LogP contribution in [0.3, 0.4) is 0 Å². The number of aryl methyl sites for hydroxylation is 2. The van der Waals surface area contributed by atoms with Crippen LogP contribution in [0.2, 0.25) is 0 Å². The molecule has 0 radical (unpaired) electrons. The molecule has 0 fully saturated rings. The van der Waals surface area contributed by atoms with Gasteiger partial charge in [0.15, 0.2) is 0 Å². The van der Waals surface area contributed by atoms with Gasteiger partial charge in [0.1, 0.15) is 23.5 Å². The highest BCUT2D eigenvalue weighted by atomic mass is 32.1. The summed E-state index contributed by atoms with van der Waals surface area (Å²) in [4.78, 5) is 5.89. The monoisotopic (exact) mass is 378 g/mol. The molecule has 2 aromatic carbocycles. The van der Waals surface area contributed by atoms with E-state index in [1.165, 1.54) is 10.4 Å². The molecule has 3 rings (SSSR count). The largest absolute Gasteiger partial charge is 0.487 e. The Kier molecular flexibility index (Phi) is 6.59. The van der Waals surface area contributed by atoms with Crippen molar-refractivity contribution in [3.63, 3.8) is 0 Å². The van der Waals surface area contributed by atoms with Crippen LogP contribution >= 0.6 is 11.3 Å². The van der Waals surface area contributed by atoms with Gasteiger partial charge in [0.25, 0.3) is 0 Å². The summed E-state index contributed by atoms with van der Waals surface area (Å²) in [6.45, 7) is 2.52. The molecule has 0 saturated heterocycles. The lowest BCUT2D eigenvalue weighted by Gasteiger charge is -2.07. The second-order valence-electron chi connectivity index (χ2n) is 6.36. The fourth-order valence-corrected chi connectivity index (χ4v) is 3.66. The van der Waals surface area contributed by atoms with Crippen LogP contribution in [0.4, 0.5) is 0 Å². The topological polar surface area (TPSA) is 66.1 Å². The van der Waals surface area contributed by atoms with Crippen molar-refractivity contribution in [1.82, 2.24) is 4.98 Å². The molecule has 1 unspecified atom stereocenters. The van der Waals surface area contributed by atoms with Crippen molar-refractivity contribution in [3.05, 3.63) is 70.7 Å². The van der Waals surface area contributed by atoms with Crippen molar-refractivity contribution in [1.29, 1.82) is 5.26 Å². The third kappa shape index (κ3) is 5.40. The Morgan fingerprint density at radius 3 is 2.59 bits per heavy atom. The molecule has 0 aliphatic carbocycles. The number of hydrogen-bond donors (Lipinski definition) is 1. The molecule has 4 nitrogen and oxygen atoms in total. The van der Waals surface area contributed by atoms with E-state index in [1.54, 1.807) is 11.3 Å². The minimum absolute atomic E-state index is 0.447. The number of thiazole rings is 1. The summed E-state index contributed by atoms with van der Waals surface area (Å²) < 4.78 is 5.90. The fourth-order valence-electron chi connectivity index (χ4n) is 2.73. The van der Waals surface area contributed by atoms with Gasteiger partial charge in [-0.3, -0.25) is 0 Å². The van der Waals surface area contributed by atoms with Gasteiger partial charge >= 0.3 is 0 Å². The van der Waals surface area contributed by atoms with Crippen LogP contribution in [0.5, 0.6) is 5.75 Å². The Balaban J connectivity index is 1.54. The van der Waals surface area contributed by atoms with Gasteiger partial charge in [-0.1, -0.05) is 42.5 Å². The van der Waals surface area contributed by atoms with Crippen molar-refractivity contribution in [2.75, 3.05) is 0 Å². The Morgan fingerprint density at radius 2 is 1.89 bits per heavy atom. The highest BCUT2D eigenvalue weighted by Gasteiger charge is 2.10. The summed E-state index contributed by atoms with van der Waals surface area (Å²) in [5, 5.41) is 18.9. The molecule has 3 aromatic rings. The average molecular weight is 378 g/mol. The molecule has 0 saturated carbocycles. The van der Waals surface area contributed by atoms with Gasteiger partial charge in [-0.25, -0.2) is 4.98 Å². The first-order valence-electron chi connectivity index (χ1n) is 8.97. The van der Waals surface area contributed by atoms with Crippen molar-refractivity contribution in [2.45, 2.75) is 38.9 Å². The normalized spacial score (nSPS) is 11.7. The quantitative estimate of drug-likeness (QED) is 0.566. The fraction of sp³-hybridized carbons (Fsp3) is 0.273. The summed E-state index contributed by atoms with van der Waals surface area (Å²) >= 11 is 1.68. The highest BCUT2D eigenvalue weighted by molar-refractivity contribution is 7.15. The Bertz CT molecular complexity index is 898. The van der Waals surface area contributed by atoms with E-state index in [9.17, 15) is 5.11 Å². The second kappa shape index (κ2) is 9.31. The van der Waals surface area contributed by atoms with E-state index in [0.717, 1.165) is 34.9 Å². The Labute approximate surface area is 163 Å². The van der Waals surface area contributed by atoms with Crippen molar-refractivity contribution in [3.8, 4) is 22.4 Å². The van der Waals surface area contributed by atoms with Crippen LogP contribution < -0.4 is 4.74 Å². The van der Waals surface area contributed by atoms with Gasteiger partial charge in [-0.2, -0.15) is 5.26 Å². The molecule has 0 aliphatic heterocycles. The van der Waals surface area contributed by atoms with E-state index in [-0.39, 0.29) is 0 Å². The number of aliphatic hydroxyl groups is 1. The maximum Gasteiger partial charge on any atom is 0.140 e. The van der Waals surface area contributed by atoms with Crippen LogP contribution in [-0.2, 0) is 13.0 Å². The molecule has 0 amide bonds. The number of rotatable bonds is 8. The molecule has 0 bridgehead atoms. The number of ether oxygens (including phenoxy) is 1. The molecule has 0 spiro atoms. The van der Waals surface area contributed by atoms with Gasteiger partial charge in [0, 0.05) is 10.4 Å². The lowest BCUT2D eigenvalue weighted by atomic mass is 10.1. The number of hydrogen-bond acceptors (Lipinski definition) is 5. The van der Waals surface area contributed by atoms with Gasteiger partial charge in [-0.05, 0) is 43.9 Å². The second-order valence-corrected chi connectivity index (χ2v) is 7.56. The maximum absolute atomic E-state index is 9.27. The van der Waals surface area contributed by atoms with Crippen LogP contribution in [0, 0.1) is 18.3 Å². The third-order valence-electron chi connectivity index (χ3n) is 4.30. The number of aromatic nitrogens is 1. The number of nitriles is 1. The molecule has 138 valence electrons. The van der Waals surface area contributed by atoms with Crippen LogP contribution in [-0.4, -0.2) is 16.2 Å². The standard InChI is InChI=1S/C22H22N2O2S/c1-16-21(24-22(27-16)18-7-3-2-4-8-18)15-26-20-12-10-17(11-13-20)6-5-9-19(25)14-23/h2-4,7-8,10-13,19,25H,5-6,9,15H2,1H3. The first kappa shape index (κ1) is 19.1. The molecule has 1 atom stereocenters. The lowest BCUT2D eigenvalue weighted by molar-refractivity contribution is 0.216. The van der Waals surface area contributed by atoms with Crippen LogP contribution in [0.25, 0.3) is 10.6 Å². The van der Waals surface area contributed by atoms with Crippen molar-refractivity contribution < 1.29 is 9.84 Å². The van der Waals surface area contributed by atoms with E-state index in [4.69, 9.17) is 15.0 Å². The van der Waals surface area contributed by atoms with E-state index < -0.39 is 6.10 Å².